The molecule has 0 fully saturated rings. The highest BCUT2D eigenvalue weighted by Gasteiger charge is 2.30. The van der Waals surface area contributed by atoms with Gasteiger partial charge in [-0.1, -0.05) is 18.2 Å². The Morgan fingerprint density at radius 2 is 1.97 bits per heavy atom. The summed E-state index contributed by atoms with van der Waals surface area (Å²) in [5.74, 6) is -1.99. The Bertz CT molecular complexity index is 1230. The van der Waals surface area contributed by atoms with Gasteiger partial charge in [-0.15, -0.1) is 11.3 Å². The first-order valence-corrected chi connectivity index (χ1v) is 11.7. The number of thiophene rings is 1. The second kappa shape index (κ2) is 9.91. The van der Waals surface area contributed by atoms with Crippen LogP contribution >= 0.6 is 11.3 Å². The normalized spacial score (nSPS) is 12.4. The molecule has 11 nitrogen and oxygen atoms in total. The van der Waals surface area contributed by atoms with Crippen molar-refractivity contribution in [3.63, 3.8) is 0 Å². The fourth-order valence-corrected chi connectivity index (χ4v) is 4.78. The summed E-state index contributed by atoms with van der Waals surface area (Å²) in [5, 5.41) is 11.0. The molecule has 2 aromatic heterocycles. The summed E-state index contributed by atoms with van der Waals surface area (Å²) in [6.45, 7) is 0.212. The molecule has 0 aliphatic heterocycles. The van der Waals surface area contributed by atoms with Crippen molar-refractivity contribution >= 4 is 55.5 Å². The van der Waals surface area contributed by atoms with E-state index in [1.807, 2.05) is 5.48 Å². The number of para-hydroxylation sites is 1. The molecule has 0 spiro atoms. The fourth-order valence-electron chi connectivity index (χ4n) is 2.88. The molecule has 13 heteroatoms. The molecule has 2 heterocycles. The fraction of sp³-hybridized carbons (Fsp3) is 0.211. The highest BCUT2D eigenvalue weighted by atomic mass is 32.2. The number of carbonyl (C=O) groups excluding carboxylic acids is 2. The zero-order valence-electron chi connectivity index (χ0n) is 16.6. The third-order valence-electron chi connectivity index (χ3n) is 4.42. The van der Waals surface area contributed by atoms with E-state index in [0.717, 1.165) is 11.3 Å². The lowest BCUT2D eigenvalue weighted by Gasteiger charge is -2.13. The molecule has 32 heavy (non-hydrogen) atoms. The molecule has 0 bridgehead atoms. The van der Waals surface area contributed by atoms with Gasteiger partial charge in [-0.3, -0.25) is 19.3 Å². The lowest BCUT2D eigenvalue weighted by atomic mass is 10.0. The summed E-state index contributed by atoms with van der Waals surface area (Å²) in [6, 6.07) is 8.31. The number of nitrogens with zero attached hydrogens (tertiary/aromatic N) is 1. The van der Waals surface area contributed by atoms with Gasteiger partial charge in [0.15, 0.2) is 5.96 Å². The van der Waals surface area contributed by atoms with E-state index < -0.39 is 27.6 Å². The number of hydrogen-bond acceptors (Lipinski definition) is 9. The third-order valence-corrected chi connectivity index (χ3v) is 6.56. The first-order chi connectivity index (χ1) is 15.2. The SMILES string of the molecule is NC(N)=NCCC[C@H](NO)C(=O)C(=O)c1sccc1NS(=O)(=O)c1cc2ccccc2o1. The zero-order chi connectivity index (χ0) is 23.3. The van der Waals surface area contributed by atoms with Gasteiger partial charge in [0.1, 0.15) is 10.5 Å². The number of fused-ring (bicyclic) bond motifs is 1. The number of hydroxylamine groups is 1. The van der Waals surface area contributed by atoms with Crippen LogP contribution < -0.4 is 21.7 Å². The first kappa shape index (κ1) is 23.4. The molecule has 1 atom stereocenters. The molecule has 3 aromatic rings. The number of aliphatic imine (C=N–C) groups is 1. The van der Waals surface area contributed by atoms with Gasteiger partial charge in [0.05, 0.1) is 11.7 Å². The molecule has 7 N–H and O–H groups in total. The molecule has 170 valence electrons. The monoisotopic (exact) mass is 479 g/mol. The standard InChI is InChI=1S/C19H21N5O6S2/c20-19(21)22-8-3-5-12(23-27)16(25)17(26)18-13(7-9-31-18)24-32(28,29)15-10-11-4-1-2-6-14(11)30-15/h1-2,4,6-7,9-10,12,23-24,27H,3,5,8H2,(H4,20,21,22)/t12-/m0/s1. The van der Waals surface area contributed by atoms with Gasteiger partial charge in [-0.05, 0) is 30.4 Å². The average molecular weight is 480 g/mol. The molecule has 0 amide bonds. The number of sulfonamides is 1. The molecule has 3 rings (SSSR count). The number of hydrogen-bond donors (Lipinski definition) is 5. The van der Waals surface area contributed by atoms with E-state index >= 15 is 0 Å². The maximum absolute atomic E-state index is 12.8. The molecule has 0 aliphatic carbocycles. The van der Waals surface area contributed by atoms with Gasteiger partial charge in [-0.25, -0.2) is 0 Å². The van der Waals surface area contributed by atoms with E-state index in [1.165, 1.54) is 17.5 Å². The largest absolute Gasteiger partial charge is 0.443 e. The average Bonchev–Trinajstić information content (AvgIpc) is 3.39. The van der Waals surface area contributed by atoms with E-state index in [0.29, 0.717) is 17.4 Å². The maximum atomic E-state index is 12.8. The summed E-state index contributed by atoms with van der Waals surface area (Å²) < 4.78 is 33.2. The van der Waals surface area contributed by atoms with Crippen LogP contribution in [0.15, 0.2) is 56.3 Å². The van der Waals surface area contributed by atoms with E-state index in [2.05, 4.69) is 9.71 Å². The number of Topliss-reactive ketones (excluding diaryl/α,β-unsaturated/α-hetero) is 2. The number of nitrogens with one attached hydrogen (secondary N) is 2. The molecule has 0 radical (unpaired) electrons. The highest BCUT2D eigenvalue weighted by Crippen LogP contribution is 2.29. The number of guanidine groups is 1. The lowest BCUT2D eigenvalue weighted by Crippen LogP contribution is -2.39. The Balaban J connectivity index is 1.75. The zero-order valence-corrected chi connectivity index (χ0v) is 18.3. The van der Waals surface area contributed by atoms with Gasteiger partial charge in [0.2, 0.25) is 16.7 Å². The molecule has 1 aromatic carbocycles. The minimum Gasteiger partial charge on any atom is -0.443 e. The van der Waals surface area contributed by atoms with Crippen molar-refractivity contribution in [2.24, 2.45) is 16.5 Å². The first-order valence-electron chi connectivity index (χ1n) is 9.35. The summed E-state index contributed by atoms with van der Waals surface area (Å²) in [4.78, 5) is 28.9. The number of benzene rings is 1. The number of rotatable bonds is 11. The van der Waals surface area contributed by atoms with E-state index in [9.17, 15) is 23.2 Å². The molecule has 0 unspecified atom stereocenters. The number of nitrogens with two attached hydrogens (primary N) is 2. The van der Waals surface area contributed by atoms with Crippen molar-refractivity contribution in [2.75, 3.05) is 11.3 Å². The third kappa shape index (κ3) is 5.31. The quantitative estimate of drug-likeness (QED) is 0.0676. The highest BCUT2D eigenvalue weighted by molar-refractivity contribution is 7.92. The Labute approximate surface area is 187 Å². The molecule has 0 aliphatic rings. The molecule has 0 saturated carbocycles. The van der Waals surface area contributed by atoms with Crippen LogP contribution in [0.3, 0.4) is 0 Å². The second-order valence-corrected chi connectivity index (χ2v) is 9.23. The van der Waals surface area contributed by atoms with E-state index in [-0.39, 0.29) is 34.6 Å². The lowest BCUT2D eigenvalue weighted by molar-refractivity contribution is -0.119. The predicted octanol–water partition coefficient (Wildman–Crippen LogP) is 1.45. The predicted molar refractivity (Wildman–Crippen MR) is 119 cm³/mol. The topological polar surface area (TPSA) is 190 Å². The Morgan fingerprint density at radius 1 is 1.22 bits per heavy atom. The Kier molecular flexibility index (Phi) is 7.25. The number of ketones is 2. The van der Waals surface area contributed by atoms with Crippen LogP contribution in [0.4, 0.5) is 5.69 Å². The van der Waals surface area contributed by atoms with Crippen LogP contribution in [0.2, 0.25) is 0 Å². The minimum absolute atomic E-state index is 0.0639. The number of anilines is 1. The van der Waals surface area contributed by atoms with Crippen molar-refractivity contribution in [3.05, 3.63) is 46.7 Å². The van der Waals surface area contributed by atoms with Crippen LogP contribution in [-0.4, -0.2) is 43.7 Å². The number of carbonyl (C=O) groups is 2. The summed E-state index contributed by atoms with van der Waals surface area (Å²) in [5.41, 5.74) is 12.6. The Morgan fingerprint density at radius 3 is 2.66 bits per heavy atom. The van der Waals surface area contributed by atoms with Gasteiger partial charge in [0, 0.05) is 18.0 Å². The summed E-state index contributed by atoms with van der Waals surface area (Å²) in [7, 11) is -4.16. The number of furan rings is 1. The van der Waals surface area contributed by atoms with Gasteiger partial charge < -0.3 is 21.1 Å². The Hall–Kier alpha value is -3.26. The minimum atomic E-state index is -4.16. The van der Waals surface area contributed by atoms with Gasteiger partial charge in [0.25, 0.3) is 10.0 Å². The van der Waals surface area contributed by atoms with Crippen molar-refractivity contribution in [1.29, 1.82) is 0 Å². The second-order valence-electron chi connectivity index (χ2n) is 6.70. The smallest absolute Gasteiger partial charge is 0.295 e. The van der Waals surface area contributed by atoms with Crippen LogP contribution in [0.1, 0.15) is 22.5 Å². The van der Waals surface area contributed by atoms with Crippen LogP contribution in [0.25, 0.3) is 11.0 Å². The van der Waals surface area contributed by atoms with Crippen molar-refractivity contribution in [1.82, 2.24) is 5.48 Å². The van der Waals surface area contributed by atoms with Crippen LogP contribution in [0.5, 0.6) is 0 Å². The van der Waals surface area contributed by atoms with E-state index in [4.69, 9.17) is 15.9 Å². The van der Waals surface area contributed by atoms with Crippen molar-refractivity contribution < 1.29 is 27.6 Å². The molecular weight excluding hydrogens is 458 g/mol. The maximum Gasteiger partial charge on any atom is 0.295 e. The van der Waals surface area contributed by atoms with Crippen molar-refractivity contribution in [3.8, 4) is 0 Å². The summed E-state index contributed by atoms with van der Waals surface area (Å²) in [6.07, 6.45) is 0.411. The van der Waals surface area contributed by atoms with Crippen molar-refractivity contribution in [2.45, 2.75) is 24.0 Å². The van der Waals surface area contributed by atoms with Gasteiger partial charge in [-0.2, -0.15) is 13.9 Å². The summed E-state index contributed by atoms with van der Waals surface area (Å²) >= 11 is 0.895. The molecular formula is C19H21N5O6S2. The van der Waals surface area contributed by atoms with Gasteiger partial charge >= 0.3 is 0 Å². The van der Waals surface area contributed by atoms with Crippen LogP contribution in [-0.2, 0) is 14.8 Å². The van der Waals surface area contributed by atoms with Crippen LogP contribution in [0, 0.1) is 0 Å². The van der Waals surface area contributed by atoms with E-state index in [1.54, 1.807) is 24.3 Å². The molecule has 0 saturated heterocycles.